The van der Waals surface area contributed by atoms with Gasteiger partial charge in [-0.05, 0) is 37.1 Å². The minimum Gasteiger partial charge on any atom is -0.293 e. The lowest BCUT2D eigenvalue weighted by Gasteiger charge is -2.09. The molecule has 120 valence electrons. The summed E-state index contributed by atoms with van der Waals surface area (Å²) in [6.07, 6.45) is 1.57. The SMILES string of the molecule is CCC(CC)C(=O)Nc1nc2scc(-c3ccc(F)cc3)n2n1. The number of carbonyl (C=O) groups excluding carboxylic acids is 1. The largest absolute Gasteiger partial charge is 0.293 e. The van der Waals surface area contributed by atoms with Gasteiger partial charge in [0.05, 0.1) is 5.69 Å². The maximum atomic E-state index is 13.1. The van der Waals surface area contributed by atoms with E-state index in [1.54, 1.807) is 16.6 Å². The average Bonchev–Trinajstić information content (AvgIpc) is 3.09. The first-order valence-electron chi connectivity index (χ1n) is 7.53. The number of aromatic nitrogens is 3. The van der Waals surface area contributed by atoms with Crippen LogP contribution in [0.3, 0.4) is 0 Å². The summed E-state index contributed by atoms with van der Waals surface area (Å²) in [5.41, 5.74) is 1.67. The van der Waals surface area contributed by atoms with Crippen LogP contribution in [0.4, 0.5) is 10.3 Å². The number of benzene rings is 1. The van der Waals surface area contributed by atoms with E-state index in [-0.39, 0.29) is 17.6 Å². The lowest BCUT2D eigenvalue weighted by molar-refractivity contribution is -0.120. The minimum absolute atomic E-state index is 0.0342. The second-order valence-corrected chi connectivity index (χ2v) is 6.10. The Morgan fingerprint density at radius 2 is 2.00 bits per heavy atom. The lowest BCUT2D eigenvalue weighted by Crippen LogP contribution is -2.22. The van der Waals surface area contributed by atoms with E-state index in [4.69, 9.17) is 0 Å². The van der Waals surface area contributed by atoms with Gasteiger partial charge in [0.2, 0.25) is 16.8 Å². The summed E-state index contributed by atoms with van der Waals surface area (Å²) in [4.78, 5) is 17.1. The molecule has 0 unspecified atom stereocenters. The normalized spacial score (nSPS) is 11.3. The van der Waals surface area contributed by atoms with Crippen LogP contribution in [0.2, 0.25) is 0 Å². The Hall–Kier alpha value is -2.28. The van der Waals surface area contributed by atoms with Crippen LogP contribution < -0.4 is 5.32 Å². The zero-order valence-corrected chi connectivity index (χ0v) is 13.7. The third-order valence-electron chi connectivity index (χ3n) is 3.81. The van der Waals surface area contributed by atoms with Crippen molar-refractivity contribution in [3.05, 3.63) is 35.5 Å². The molecule has 5 nitrogen and oxygen atoms in total. The van der Waals surface area contributed by atoms with Crippen LogP contribution in [0.25, 0.3) is 16.2 Å². The molecule has 0 aliphatic carbocycles. The van der Waals surface area contributed by atoms with Gasteiger partial charge in [0, 0.05) is 16.9 Å². The molecule has 3 aromatic rings. The van der Waals surface area contributed by atoms with Gasteiger partial charge < -0.3 is 0 Å². The van der Waals surface area contributed by atoms with Gasteiger partial charge in [-0.2, -0.15) is 4.98 Å². The van der Waals surface area contributed by atoms with Crippen molar-refractivity contribution in [3.63, 3.8) is 0 Å². The monoisotopic (exact) mass is 332 g/mol. The predicted octanol–water partition coefficient (Wildman–Crippen LogP) is 3.97. The number of amides is 1. The number of hydrogen-bond donors (Lipinski definition) is 1. The molecule has 0 atom stereocenters. The van der Waals surface area contributed by atoms with E-state index in [0.29, 0.717) is 10.9 Å². The summed E-state index contributed by atoms with van der Waals surface area (Å²) >= 11 is 1.43. The summed E-state index contributed by atoms with van der Waals surface area (Å²) < 4.78 is 14.7. The van der Waals surface area contributed by atoms with Crippen molar-refractivity contribution >= 4 is 28.2 Å². The number of hydrogen-bond acceptors (Lipinski definition) is 4. The highest BCUT2D eigenvalue weighted by Gasteiger charge is 2.18. The molecule has 1 aromatic carbocycles. The molecule has 1 amide bonds. The Morgan fingerprint density at radius 3 is 2.65 bits per heavy atom. The molecule has 0 bridgehead atoms. The van der Waals surface area contributed by atoms with E-state index in [9.17, 15) is 9.18 Å². The number of anilines is 1. The topological polar surface area (TPSA) is 59.3 Å². The van der Waals surface area contributed by atoms with E-state index in [1.165, 1.54) is 23.5 Å². The molecule has 1 N–H and O–H groups in total. The van der Waals surface area contributed by atoms with Gasteiger partial charge in [-0.25, -0.2) is 8.91 Å². The molecule has 0 fully saturated rings. The number of nitrogens with one attached hydrogen (secondary N) is 1. The Balaban J connectivity index is 1.88. The first-order valence-corrected chi connectivity index (χ1v) is 8.41. The van der Waals surface area contributed by atoms with Crippen molar-refractivity contribution in [1.82, 2.24) is 14.6 Å². The van der Waals surface area contributed by atoms with Crippen LogP contribution >= 0.6 is 11.3 Å². The zero-order chi connectivity index (χ0) is 16.4. The number of carbonyl (C=O) groups is 1. The van der Waals surface area contributed by atoms with Gasteiger partial charge in [-0.1, -0.05) is 13.8 Å². The van der Waals surface area contributed by atoms with Crippen molar-refractivity contribution in [2.75, 3.05) is 5.32 Å². The molecule has 0 aliphatic heterocycles. The summed E-state index contributed by atoms with van der Waals surface area (Å²) in [6, 6.07) is 6.21. The predicted molar refractivity (Wildman–Crippen MR) is 89.0 cm³/mol. The molecule has 7 heteroatoms. The van der Waals surface area contributed by atoms with Gasteiger partial charge in [-0.3, -0.25) is 10.1 Å². The van der Waals surface area contributed by atoms with E-state index in [1.807, 2.05) is 19.2 Å². The summed E-state index contributed by atoms with van der Waals surface area (Å²) in [7, 11) is 0. The number of rotatable bonds is 5. The third-order valence-corrected chi connectivity index (χ3v) is 4.63. The number of halogens is 1. The van der Waals surface area contributed by atoms with E-state index in [2.05, 4.69) is 15.4 Å². The first kappa shape index (κ1) is 15.6. The first-order chi connectivity index (χ1) is 11.1. The Kier molecular flexibility index (Phi) is 4.38. The molecule has 23 heavy (non-hydrogen) atoms. The highest BCUT2D eigenvalue weighted by Crippen LogP contribution is 2.26. The fourth-order valence-electron chi connectivity index (χ4n) is 2.43. The van der Waals surface area contributed by atoms with Crippen LogP contribution in [0.15, 0.2) is 29.6 Å². The van der Waals surface area contributed by atoms with E-state index < -0.39 is 0 Å². The average molecular weight is 332 g/mol. The molecular weight excluding hydrogens is 315 g/mol. The van der Waals surface area contributed by atoms with E-state index in [0.717, 1.165) is 24.1 Å². The molecule has 2 aromatic heterocycles. The van der Waals surface area contributed by atoms with Gasteiger partial charge in [0.25, 0.3) is 0 Å². The fourth-order valence-corrected chi connectivity index (χ4v) is 3.26. The Labute approximate surface area is 137 Å². The third kappa shape index (κ3) is 3.10. The van der Waals surface area contributed by atoms with Crippen molar-refractivity contribution in [2.45, 2.75) is 26.7 Å². The zero-order valence-electron chi connectivity index (χ0n) is 12.9. The van der Waals surface area contributed by atoms with Crippen LogP contribution in [0.5, 0.6) is 0 Å². The van der Waals surface area contributed by atoms with Crippen LogP contribution in [-0.4, -0.2) is 20.5 Å². The second kappa shape index (κ2) is 6.45. The molecule has 0 radical (unpaired) electrons. The van der Waals surface area contributed by atoms with Crippen LogP contribution in [0, 0.1) is 11.7 Å². The van der Waals surface area contributed by atoms with Gasteiger partial charge in [0.1, 0.15) is 5.82 Å². The van der Waals surface area contributed by atoms with Crippen molar-refractivity contribution in [3.8, 4) is 11.3 Å². The summed E-state index contributed by atoms with van der Waals surface area (Å²) in [5, 5.41) is 9.04. The van der Waals surface area contributed by atoms with Crippen molar-refractivity contribution < 1.29 is 9.18 Å². The fraction of sp³-hybridized carbons (Fsp3) is 0.312. The van der Waals surface area contributed by atoms with Gasteiger partial charge >= 0.3 is 0 Å². The van der Waals surface area contributed by atoms with Crippen molar-refractivity contribution in [1.29, 1.82) is 0 Å². The molecule has 0 saturated carbocycles. The lowest BCUT2D eigenvalue weighted by atomic mass is 10.0. The van der Waals surface area contributed by atoms with Crippen molar-refractivity contribution in [2.24, 2.45) is 5.92 Å². The molecule has 0 saturated heterocycles. The second-order valence-electron chi connectivity index (χ2n) is 5.26. The van der Waals surface area contributed by atoms with Crippen LogP contribution in [-0.2, 0) is 4.79 Å². The summed E-state index contributed by atoms with van der Waals surface area (Å²) in [6.45, 7) is 3.97. The van der Waals surface area contributed by atoms with Crippen LogP contribution in [0.1, 0.15) is 26.7 Å². The number of thiazole rings is 1. The standard InChI is InChI=1S/C16H17FN4OS/c1-3-10(4-2)14(22)18-15-19-16-21(20-15)13(9-23-16)11-5-7-12(17)8-6-11/h5-10H,3-4H2,1-2H3,(H,18,20,22). The molecule has 2 heterocycles. The van der Waals surface area contributed by atoms with E-state index >= 15 is 0 Å². The highest BCUT2D eigenvalue weighted by molar-refractivity contribution is 7.15. The number of fused-ring (bicyclic) bond motifs is 1. The maximum Gasteiger partial charge on any atom is 0.250 e. The Bertz CT molecular complexity index is 820. The quantitative estimate of drug-likeness (QED) is 0.769. The highest BCUT2D eigenvalue weighted by atomic mass is 32.1. The maximum absolute atomic E-state index is 13.1. The Morgan fingerprint density at radius 1 is 1.30 bits per heavy atom. The van der Waals surface area contributed by atoms with Gasteiger partial charge in [0.15, 0.2) is 0 Å². The summed E-state index contributed by atoms with van der Waals surface area (Å²) in [5.74, 6) is -0.0706. The smallest absolute Gasteiger partial charge is 0.250 e. The molecule has 0 aliphatic rings. The minimum atomic E-state index is -0.281. The number of nitrogens with zero attached hydrogens (tertiary/aromatic N) is 3. The molecular formula is C16H17FN4OS. The van der Waals surface area contributed by atoms with Gasteiger partial charge in [-0.15, -0.1) is 16.4 Å². The molecule has 3 rings (SSSR count). The molecule has 0 spiro atoms.